The lowest BCUT2D eigenvalue weighted by molar-refractivity contribution is -0.145. The Bertz CT molecular complexity index is 217. The summed E-state index contributed by atoms with van der Waals surface area (Å²) in [4.78, 5) is 13.9. The fourth-order valence-electron chi connectivity index (χ4n) is 1.97. The first-order chi connectivity index (χ1) is 7.69. The standard InChI is InChI=1S/C12H24N2O2/c1-4-16-12(15)11(13-2)8-9-14(3)10-6-5-7-10/h10-11,13H,4-9H2,1-3H3. The van der Waals surface area contributed by atoms with E-state index in [-0.39, 0.29) is 12.0 Å². The number of nitrogens with zero attached hydrogens (tertiary/aromatic N) is 1. The zero-order valence-corrected chi connectivity index (χ0v) is 10.7. The van der Waals surface area contributed by atoms with Gasteiger partial charge in [0.05, 0.1) is 6.61 Å². The van der Waals surface area contributed by atoms with E-state index >= 15 is 0 Å². The third-order valence-electron chi connectivity index (χ3n) is 3.39. The second-order valence-corrected chi connectivity index (χ2v) is 4.45. The average molecular weight is 228 g/mol. The third kappa shape index (κ3) is 3.76. The maximum absolute atomic E-state index is 11.5. The Balaban J connectivity index is 2.24. The second-order valence-electron chi connectivity index (χ2n) is 4.45. The summed E-state index contributed by atoms with van der Waals surface area (Å²) in [6.07, 6.45) is 4.78. The Hall–Kier alpha value is -0.610. The highest BCUT2D eigenvalue weighted by Gasteiger charge is 2.24. The first kappa shape index (κ1) is 13.5. The number of carbonyl (C=O) groups excluding carboxylic acids is 1. The number of esters is 1. The molecule has 1 fully saturated rings. The molecule has 1 aliphatic rings. The zero-order chi connectivity index (χ0) is 12.0. The minimum atomic E-state index is -0.164. The van der Waals surface area contributed by atoms with Crippen LogP contribution in [0, 0.1) is 0 Å². The Morgan fingerprint density at radius 1 is 1.56 bits per heavy atom. The van der Waals surface area contributed by atoms with E-state index in [1.807, 2.05) is 14.0 Å². The first-order valence-corrected chi connectivity index (χ1v) is 6.23. The van der Waals surface area contributed by atoms with E-state index < -0.39 is 0 Å². The van der Waals surface area contributed by atoms with Crippen LogP contribution in [0.1, 0.15) is 32.6 Å². The Labute approximate surface area is 98.3 Å². The Morgan fingerprint density at radius 3 is 2.69 bits per heavy atom. The van der Waals surface area contributed by atoms with Crippen molar-refractivity contribution in [2.24, 2.45) is 0 Å². The SMILES string of the molecule is CCOC(=O)C(CCN(C)C1CCC1)NC. The molecule has 1 rings (SSSR count). The zero-order valence-electron chi connectivity index (χ0n) is 10.7. The van der Waals surface area contributed by atoms with Crippen LogP contribution in [0.25, 0.3) is 0 Å². The minimum Gasteiger partial charge on any atom is -0.465 e. The molecule has 0 amide bonds. The number of nitrogens with one attached hydrogen (secondary N) is 1. The van der Waals surface area contributed by atoms with Crippen LogP contribution in [0.2, 0.25) is 0 Å². The van der Waals surface area contributed by atoms with Gasteiger partial charge in [-0.25, -0.2) is 0 Å². The van der Waals surface area contributed by atoms with Gasteiger partial charge in [0.1, 0.15) is 6.04 Å². The molecule has 0 saturated heterocycles. The van der Waals surface area contributed by atoms with Crippen LogP contribution >= 0.6 is 0 Å². The lowest BCUT2D eigenvalue weighted by atomic mass is 9.91. The van der Waals surface area contributed by atoms with E-state index in [9.17, 15) is 4.79 Å². The van der Waals surface area contributed by atoms with Gasteiger partial charge in [0.25, 0.3) is 0 Å². The van der Waals surface area contributed by atoms with Gasteiger partial charge in [-0.05, 0) is 40.3 Å². The van der Waals surface area contributed by atoms with Crippen molar-refractivity contribution in [1.29, 1.82) is 0 Å². The molecule has 0 heterocycles. The highest BCUT2D eigenvalue weighted by atomic mass is 16.5. The van der Waals surface area contributed by atoms with Crippen molar-refractivity contribution >= 4 is 5.97 Å². The second kappa shape index (κ2) is 6.86. The normalized spacial score (nSPS) is 18.2. The topological polar surface area (TPSA) is 41.6 Å². The van der Waals surface area contributed by atoms with Crippen molar-refractivity contribution in [3.05, 3.63) is 0 Å². The molecule has 1 unspecified atom stereocenters. The van der Waals surface area contributed by atoms with Gasteiger partial charge in [0.2, 0.25) is 0 Å². The predicted molar refractivity (Wildman–Crippen MR) is 64.4 cm³/mol. The van der Waals surface area contributed by atoms with Crippen LogP contribution in [0.4, 0.5) is 0 Å². The largest absolute Gasteiger partial charge is 0.465 e. The van der Waals surface area contributed by atoms with E-state index in [0.717, 1.165) is 19.0 Å². The van der Waals surface area contributed by atoms with E-state index in [1.165, 1.54) is 19.3 Å². The molecule has 1 aliphatic carbocycles. The summed E-state index contributed by atoms with van der Waals surface area (Å²) in [5, 5.41) is 3.02. The van der Waals surface area contributed by atoms with Gasteiger partial charge in [0.15, 0.2) is 0 Å². The molecule has 1 atom stereocenters. The molecular formula is C12H24N2O2. The van der Waals surface area contributed by atoms with Gasteiger partial charge in [-0.1, -0.05) is 6.42 Å². The van der Waals surface area contributed by atoms with Gasteiger partial charge in [-0.15, -0.1) is 0 Å². The molecule has 16 heavy (non-hydrogen) atoms. The highest BCUT2D eigenvalue weighted by Crippen LogP contribution is 2.23. The smallest absolute Gasteiger partial charge is 0.323 e. The molecule has 0 aliphatic heterocycles. The van der Waals surface area contributed by atoms with Gasteiger partial charge >= 0.3 is 5.97 Å². The van der Waals surface area contributed by atoms with Crippen LogP contribution < -0.4 is 5.32 Å². The monoisotopic (exact) mass is 228 g/mol. The predicted octanol–water partition coefficient (Wildman–Crippen LogP) is 1.01. The molecule has 0 aromatic heterocycles. The number of ether oxygens (including phenoxy) is 1. The molecule has 0 bridgehead atoms. The molecule has 94 valence electrons. The van der Waals surface area contributed by atoms with Crippen LogP contribution in [0.3, 0.4) is 0 Å². The molecule has 0 spiro atoms. The van der Waals surface area contributed by atoms with E-state index in [2.05, 4.69) is 17.3 Å². The molecular weight excluding hydrogens is 204 g/mol. The van der Waals surface area contributed by atoms with Crippen molar-refractivity contribution in [1.82, 2.24) is 10.2 Å². The van der Waals surface area contributed by atoms with E-state index in [1.54, 1.807) is 0 Å². The number of rotatable bonds is 7. The van der Waals surface area contributed by atoms with Crippen LogP contribution in [-0.4, -0.2) is 50.2 Å². The van der Waals surface area contributed by atoms with Crippen molar-refractivity contribution < 1.29 is 9.53 Å². The van der Waals surface area contributed by atoms with Gasteiger partial charge < -0.3 is 15.0 Å². The number of carbonyl (C=O) groups is 1. The van der Waals surface area contributed by atoms with Gasteiger partial charge in [-0.3, -0.25) is 4.79 Å². The molecule has 0 aromatic carbocycles. The summed E-state index contributed by atoms with van der Waals surface area (Å²) < 4.78 is 5.01. The molecule has 0 radical (unpaired) electrons. The van der Waals surface area contributed by atoms with Crippen LogP contribution in [-0.2, 0) is 9.53 Å². The minimum absolute atomic E-state index is 0.132. The average Bonchev–Trinajstić information content (AvgIpc) is 2.16. The quantitative estimate of drug-likeness (QED) is 0.660. The van der Waals surface area contributed by atoms with Crippen molar-refractivity contribution in [2.75, 3.05) is 27.2 Å². The first-order valence-electron chi connectivity index (χ1n) is 6.23. The molecule has 4 nitrogen and oxygen atoms in total. The van der Waals surface area contributed by atoms with Crippen LogP contribution in [0.5, 0.6) is 0 Å². The highest BCUT2D eigenvalue weighted by molar-refractivity contribution is 5.75. The van der Waals surface area contributed by atoms with E-state index in [4.69, 9.17) is 4.74 Å². The molecule has 1 saturated carbocycles. The lowest BCUT2D eigenvalue weighted by Gasteiger charge is -2.35. The Kier molecular flexibility index (Phi) is 5.77. The number of hydrogen-bond donors (Lipinski definition) is 1. The summed E-state index contributed by atoms with van der Waals surface area (Å²) in [6.45, 7) is 3.25. The van der Waals surface area contributed by atoms with Crippen LogP contribution in [0.15, 0.2) is 0 Å². The lowest BCUT2D eigenvalue weighted by Crippen LogP contribution is -2.42. The van der Waals surface area contributed by atoms with Crippen molar-refractivity contribution in [2.45, 2.75) is 44.7 Å². The van der Waals surface area contributed by atoms with E-state index in [0.29, 0.717) is 6.61 Å². The van der Waals surface area contributed by atoms with Crippen molar-refractivity contribution in [3.8, 4) is 0 Å². The number of likely N-dealkylation sites (N-methyl/N-ethyl adjacent to an activating group) is 1. The van der Waals surface area contributed by atoms with Gasteiger partial charge in [0, 0.05) is 12.6 Å². The summed E-state index contributed by atoms with van der Waals surface area (Å²) >= 11 is 0. The summed E-state index contributed by atoms with van der Waals surface area (Å²) in [6, 6.07) is 0.571. The number of hydrogen-bond acceptors (Lipinski definition) is 4. The fraction of sp³-hybridized carbons (Fsp3) is 0.917. The fourth-order valence-corrected chi connectivity index (χ4v) is 1.97. The molecule has 4 heteroatoms. The van der Waals surface area contributed by atoms with Crippen molar-refractivity contribution in [3.63, 3.8) is 0 Å². The van der Waals surface area contributed by atoms with Gasteiger partial charge in [-0.2, -0.15) is 0 Å². The molecule has 0 aromatic rings. The summed E-state index contributed by atoms with van der Waals surface area (Å²) in [5.74, 6) is -0.132. The maximum Gasteiger partial charge on any atom is 0.323 e. The molecule has 1 N–H and O–H groups in total. The maximum atomic E-state index is 11.5. The third-order valence-corrected chi connectivity index (χ3v) is 3.39. The summed E-state index contributed by atoms with van der Waals surface area (Å²) in [7, 11) is 3.95. The Morgan fingerprint density at radius 2 is 2.25 bits per heavy atom. The summed E-state index contributed by atoms with van der Waals surface area (Å²) in [5.41, 5.74) is 0.